The number of carbonyl (C=O) groups excluding carboxylic acids is 1. The topological polar surface area (TPSA) is 251 Å². The Morgan fingerprint density at radius 1 is 0.556 bits per heavy atom. The molecule has 0 fully saturated rings. The van der Waals surface area contributed by atoms with Gasteiger partial charge in [-0.3, -0.25) is 18.6 Å². The van der Waals surface area contributed by atoms with Crippen molar-refractivity contribution >= 4 is 37.4 Å². The van der Waals surface area contributed by atoms with Crippen LogP contribution >= 0.6 is 15.6 Å². The molecule has 2 unspecified atom stereocenters. The first-order valence-electron chi connectivity index (χ1n) is 25.3. The zero-order chi connectivity index (χ0) is 57.8. The second kappa shape index (κ2) is 48.2. The number of aryl methyl sites for hydroxylation is 1. The molecule has 0 aliphatic rings. The molecule has 72 heavy (non-hydrogen) atoms. The number of ether oxygens (including phenoxy) is 1. The van der Waals surface area contributed by atoms with E-state index in [4.69, 9.17) is 29.8 Å². The number of esters is 1. The van der Waals surface area contributed by atoms with Crippen LogP contribution in [0, 0.1) is 47.3 Å². The highest BCUT2D eigenvalue weighted by Crippen LogP contribution is 2.39. The van der Waals surface area contributed by atoms with Gasteiger partial charge >= 0.3 is 27.6 Å². The molecule has 2 rings (SSSR count). The van der Waals surface area contributed by atoms with Crippen molar-refractivity contribution in [1.29, 1.82) is 0 Å². The van der Waals surface area contributed by atoms with E-state index in [1.807, 2.05) is 69.2 Å². The van der Waals surface area contributed by atoms with Crippen LogP contribution in [0.5, 0.6) is 0 Å². The third kappa shape index (κ3) is 84.3. The summed E-state index contributed by atoms with van der Waals surface area (Å²) >= 11 is 0. The molecule has 0 aliphatic carbocycles. The van der Waals surface area contributed by atoms with Crippen LogP contribution in [0.25, 0.3) is 0 Å². The van der Waals surface area contributed by atoms with E-state index in [2.05, 4.69) is 116 Å². The Bertz CT molecular complexity index is 1720. The number of carboxylic acid groups (broad SMARTS) is 1. The van der Waals surface area contributed by atoms with Crippen molar-refractivity contribution in [3.8, 4) is 0 Å². The predicted octanol–water partition coefficient (Wildman–Crippen LogP) is 13.3. The molecule has 0 amide bonds. The Morgan fingerprint density at radius 2 is 0.944 bits per heavy atom. The van der Waals surface area contributed by atoms with Crippen LogP contribution in [0.3, 0.4) is 0 Å². The molecule has 0 aromatic heterocycles. The lowest BCUT2D eigenvalue weighted by molar-refractivity contribution is -0.141. The molecule has 0 spiro atoms. The summed E-state index contributed by atoms with van der Waals surface area (Å²) in [7, 11) is -9.80. The van der Waals surface area contributed by atoms with Gasteiger partial charge in [-0.1, -0.05) is 171 Å². The molecule has 2 aromatic rings. The predicted molar refractivity (Wildman–Crippen MR) is 298 cm³/mol. The first-order chi connectivity index (χ1) is 32.7. The first kappa shape index (κ1) is 80.9. The zero-order valence-electron chi connectivity index (χ0n) is 48.3. The van der Waals surface area contributed by atoms with Crippen molar-refractivity contribution in [2.24, 2.45) is 47.3 Å². The smallest absolute Gasteiger partial charge is 0.469 e. The summed E-state index contributed by atoms with van der Waals surface area (Å²) < 4.78 is 54.3. The van der Waals surface area contributed by atoms with Gasteiger partial charge in [-0.15, -0.1) is 0 Å². The first-order valence-corrected chi connectivity index (χ1v) is 30.5. The van der Waals surface area contributed by atoms with Crippen LogP contribution in [-0.4, -0.2) is 88.1 Å². The van der Waals surface area contributed by atoms with Gasteiger partial charge in [-0.05, 0) is 111 Å². The van der Waals surface area contributed by atoms with E-state index in [9.17, 15) is 27.1 Å². The minimum absolute atomic E-state index is 0.101. The molecule has 6 N–H and O–H groups in total. The van der Waals surface area contributed by atoms with Crippen molar-refractivity contribution in [3.63, 3.8) is 0 Å². The van der Waals surface area contributed by atoms with Gasteiger partial charge in [0.15, 0.2) is 0 Å². The number of carboxylic acids is 1. The van der Waals surface area contributed by atoms with Gasteiger partial charge in [0.2, 0.25) is 0 Å². The number of sulfone groups is 1. The fourth-order valence-electron chi connectivity index (χ4n) is 4.14. The van der Waals surface area contributed by atoms with Crippen molar-refractivity contribution in [3.05, 3.63) is 71.8 Å². The van der Waals surface area contributed by atoms with E-state index in [1.165, 1.54) is 43.8 Å². The number of rotatable bonds is 21. The summed E-state index contributed by atoms with van der Waals surface area (Å²) in [6.45, 7) is 36.1. The number of hydrogen-bond acceptors (Lipinski definition) is 10. The molecule has 0 heterocycles. The summed E-state index contributed by atoms with van der Waals surface area (Å²) in [6, 6.07) is 21.3. The average Bonchev–Trinajstić information content (AvgIpc) is 3.23. The maximum Gasteiger partial charge on any atom is 0.469 e. The van der Waals surface area contributed by atoms with E-state index >= 15 is 0 Å². The summed E-state index contributed by atoms with van der Waals surface area (Å²) in [4.78, 5) is 53.4. The number of benzene rings is 2. The molecule has 2 aromatic carbocycles. The Balaban J connectivity index is -0.000000174. The van der Waals surface area contributed by atoms with Crippen LogP contribution in [0.15, 0.2) is 60.7 Å². The quantitative estimate of drug-likeness (QED) is 0.0502. The van der Waals surface area contributed by atoms with Crippen molar-refractivity contribution in [2.45, 2.75) is 188 Å². The molecule has 2 atom stereocenters. The molecule has 0 saturated carbocycles. The van der Waals surface area contributed by atoms with E-state index < -0.39 is 37.6 Å². The standard InChI is InChI=1S/C11H16.C10H14.C7H14O2.C6H14O2S.C6H12O2.C5H13O4P.C5H12O.C4H11O4P/c1-10(2)8-9-11-6-4-3-5-7-11;1-9(2)8-10-6-4-3-5-7-10;1-6(2)4-5-7(8)9-3;1-6(2)4-5-9(3,7)8;1-5(2)3-4-6(7)8;1-4(2)5(3)9-10(6,7)8;1-4(2)5(3)6;1-4(2)3-8-9(5,6)7/h3-7,10H,8-9H2,1-2H3;3-7,9H,8H2,1-2H3;2*6H,4-5H2,1-3H3;5H,3-4H2,1-2H3,(H,7,8);4-5H,1-3H3,(H2,6,7,8);4-6H,1-3H3;4H,3H2,1-2H3,(H2,5,6,7). The van der Waals surface area contributed by atoms with E-state index in [0.717, 1.165) is 31.1 Å². The monoisotopic (exact) mass is 1090 g/mol. The van der Waals surface area contributed by atoms with E-state index in [0.29, 0.717) is 42.3 Å². The van der Waals surface area contributed by atoms with Gasteiger partial charge in [0.25, 0.3) is 0 Å². The number of hydrogen-bond donors (Lipinski definition) is 6. The lowest BCUT2D eigenvalue weighted by atomic mass is 10.0. The lowest BCUT2D eigenvalue weighted by Gasteiger charge is -2.16. The van der Waals surface area contributed by atoms with Gasteiger partial charge in [0.1, 0.15) is 9.84 Å². The van der Waals surface area contributed by atoms with Crippen molar-refractivity contribution in [1.82, 2.24) is 0 Å². The molecule has 428 valence electrons. The second-order valence-corrected chi connectivity index (χ2v) is 25.6. The molecule has 15 nitrogen and oxygen atoms in total. The van der Waals surface area contributed by atoms with Crippen LogP contribution in [0.4, 0.5) is 0 Å². The fourth-order valence-corrected chi connectivity index (χ4v) is 6.21. The molecule has 0 radical (unpaired) electrons. The van der Waals surface area contributed by atoms with Gasteiger partial charge in [0, 0.05) is 19.1 Å². The SMILES string of the molecule is CC(C)C(C)O.CC(C)C(C)OP(=O)(O)O.CC(C)CCC(=O)O.CC(C)CCS(C)(=O)=O.CC(C)CCc1ccccc1.CC(C)COP(=O)(O)O.CC(C)Cc1ccccc1.COC(=O)CCC(C)C. The van der Waals surface area contributed by atoms with Crippen LogP contribution in [-0.2, 0) is 55.2 Å². The number of aliphatic carboxylic acids is 1. The minimum atomic E-state index is -4.28. The average molecular weight is 1090 g/mol. The zero-order valence-corrected chi connectivity index (χ0v) is 50.9. The molecular weight excluding hydrogens is 983 g/mol. The maximum atomic E-state index is 10.5. The maximum absolute atomic E-state index is 10.5. The highest BCUT2D eigenvalue weighted by molar-refractivity contribution is 7.90. The van der Waals surface area contributed by atoms with Crippen LogP contribution in [0.1, 0.15) is 174 Å². The number of aliphatic hydroxyl groups is 1. The normalized spacial score (nSPS) is 12.0. The third-order valence-electron chi connectivity index (χ3n) is 9.28. The largest absolute Gasteiger partial charge is 0.481 e. The molecule has 0 aliphatic heterocycles. The van der Waals surface area contributed by atoms with Gasteiger partial charge in [-0.25, -0.2) is 17.5 Å². The second-order valence-electron chi connectivity index (χ2n) is 20.9. The molecule has 0 saturated heterocycles. The Morgan fingerprint density at radius 3 is 1.17 bits per heavy atom. The summed E-state index contributed by atoms with van der Waals surface area (Å²) in [6.07, 6.45) is 7.77. The van der Waals surface area contributed by atoms with E-state index in [1.54, 1.807) is 13.8 Å². The minimum Gasteiger partial charge on any atom is -0.481 e. The summed E-state index contributed by atoms with van der Waals surface area (Å²) in [5, 5.41) is 16.8. The van der Waals surface area contributed by atoms with Crippen LogP contribution < -0.4 is 0 Å². The van der Waals surface area contributed by atoms with Crippen LogP contribution in [0.2, 0.25) is 0 Å². The van der Waals surface area contributed by atoms with Gasteiger partial charge in [-0.2, -0.15) is 0 Å². The number of aliphatic hydroxyl groups excluding tert-OH is 1. The van der Waals surface area contributed by atoms with Gasteiger partial charge < -0.3 is 34.5 Å². The van der Waals surface area contributed by atoms with E-state index in [-0.39, 0.29) is 30.5 Å². The Kier molecular flexibility index (Phi) is 54.1. The third-order valence-corrected chi connectivity index (χ3v) is 11.3. The Labute approximate surface area is 439 Å². The molecule has 0 bridgehead atoms. The molecular formula is C54H106O15P2S. The summed E-state index contributed by atoms with van der Waals surface area (Å²) in [5.41, 5.74) is 2.90. The number of methoxy groups -OCH3 is 1. The number of phosphoric ester groups is 2. The molecule has 18 heteroatoms. The Hall–Kier alpha value is -2.49. The van der Waals surface area contributed by atoms with Gasteiger partial charge in [0.05, 0.1) is 31.7 Å². The number of carbonyl (C=O) groups is 2. The van der Waals surface area contributed by atoms with Crippen molar-refractivity contribution < 1.29 is 70.7 Å². The fraction of sp³-hybridized carbons (Fsp3) is 0.741. The lowest BCUT2D eigenvalue weighted by Crippen LogP contribution is -2.13. The number of phosphoric acid groups is 2. The summed E-state index contributed by atoms with van der Waals surface area (Å²) in [5.74, 6) is 3.36. The van der Waals surface area contributed by atoms with Crippen molar-refractivity contribution in [2.75, 3.05) is 25.7 Å². The highest BCUT2D eigenvalue weighted by atomic mass is 32.2. The highest BCUT2D eigenvalue weighted by Gasteiger charge is 2.20.